The molecule has 0 bridgehead atoms. The Labute approximate surface area is 121 Å². The first-order chi connectivity index (χ1) is 9.56. The summed E-state index contributed by atoms with van der Waals surface area (Å²) in [7, 11) is 0. The molecule has 4 heteroatoms. The highest BCUT2D eigenvalue weighted by Crippen LogP contribution is 2.12. The molecule has 0 heterocycles. The minimum Gasteiger partial charge on any atom is -0.484 e. The predicted molar refractivity (Wildman–Crippen MR) is 79.8 cm³/mol. The highest BCUT2D eigenvalue weighted by Gasteiger charge is 2.15. The normalized spacial score (nSPS) is 12.2. The van der Waals surface area contributed by atoms with Gasteiger partial charge < -0.3 is 15.2 Å². The van der Waals surface area contributed by atoms with Gasteiger partial charge in [0.2, 0.25) is 0 Å². The lowest BCUT2D eigenvalue weighted by Crippen LogP contribution is -2.41. The highest BCUT2D eigenvalue weighted by atomic mass is 16.5. The number of ether oxygens (including phenoxy) is 1. The molecule has 0 saturated carbocycles. The van der Waals surface area contributed by atoms with Crippen LogP contribution < -0.4 is 10.1 Å². The summed E-state index contributed by atoms with van der Waals surface area (Å²) < 4.78 is 5.45. The van der Waals surface area contributed by atoms with Gasteiger partial charge in [0.05, 0.1) is 0 Å². The van der Waals surface area contributed by atoms with Crippen molar-refractivity contribution >= 4 is 5.91 Å². The summed E-state index contributed by atoms with van der Waals surface area (Å²) in [6.45, 7) is 6.20. The van der Waals surface area contributed by atoms with E-state index in [1.54, 1.807) is 0 Å². The maximum atomic E-state index is 11.8. The molecule has 0 aromatic heterocycles. The fourth-order valence-electron chi connectivity index (χ4n) is 1.93. The molecule has 2 N–H and O–H groups in total. The van der Waals surface area contributed by atoms with Gasteiger partial charge in [-0.25, -0.2) is 0 Å². The molecular weight excluding hydrogens is 254 g/mol. The van der Waals surface area contributed by atoms with E-state index in [2.05, 4.69) is 12.2 Å². The van der Waals surface area contributed by atoms with Gasteiger partial charge in [0.15, 0.2) is 6.61 Å². The Kier molecular flexibility index (Phi) is 7.09. The maximum Gasteiger partial charge on any atom is 0.258 e. The third-order valence-electron chi connectivity index (χ3n) is 3.29. The molecule has 0 fully saturated rings. The summed E-state index contributed by atoms with van der Waals surface area (Å²) in [5.74, 6) is 0.826. The average molecular weight is 279 g/mol. The van der Waals surface area contributed by atoms with Crippen molar-refractivity contribution in [2.24, 2.45) is 5.92 Å². The van der Waals surface area contributed by atoms with E-state index in [9.17, 15) is 4.79 Å². The molecule has 0 aliphatic carbocycles. The first-order valence-corrected chi connectivity index (χ1v) is 7.18. The Bertz CT molecular complexity index is 401. The van der Waals surface area contributed by atoms with Crippen LogP contribution in [0.15, 0.2) is 24.3 Å². The van der Waals surface area contributed by atoms with Gasteiger partial charge in [-0.05, 0) is 36.5 Å². The Balaban J connectivity index is 2.41. The zero-order valence-corrected chi connectivity index (χ0v) is 12.6. The van der Waals surface area contributed by atoms with Crippen LogP contribution in [-0.2, 0) is 11.2 Å². The van der Waals surface area contributed by atoms with Crippen molar-refractivity contribution in [3.63, 3.8) is 0 Å². The molecule has 20 heavy (non-hydrogen) atoms. The number of aryl methyl sites for hydroxylation is 1. The monoisotopic (exact) mass is 279 g/mol. The lowest BCUT2D eigenvalue weighted by molar-refractivity contribution is -0.124. The molecule has 1 amide bonds. The first kappa shape index (κ1) is 16.5. The molecule has 1 rings (SSSR count). The highest BCUT2D eigenvalue weighted by molar-refractivity contribution is 5.77. The van der Waals surface area contributed by atoms with Crippen molar-refractivity contribution in [3.05, 3.63) is 29.8 Å². The lowest BCUT2D eigenvalue weighted by Gasteiger charge is -2.21. The van der Waals surface area contributed by atoms with Gasteiger partial charge in [0, 0.05) is 12.6 Å². The van der Waals surface area contributed by atoms with Crippen LogP contribution in [0.25, 0.3) is 0 Å². The second kappa shape index (κ2) is 8.59. The molecule has 0 aliphatic heterocycles. The predicted octanol–water partition coefficient (Wildman–Crippen LogP) is 2.15. The maximum absolute atomic E-state index is 11.8. The standard InChI is InChI=1S/C16H25NO3/c1-4-13-5-7-14(8-6-13)20-11-16(19)17-15(9-10-18)12(2)3/h5-8,12,15,18H,4,9-11H2,1-3H3,(H,17,19). The second-order valence-electron chi connectivity index (χ2n) is 5.22. The summed E-state index contributed by atoms with van der Waals surface area (Å²) in [5.41, 5.74) is 1.24. The summed E-state index contributed by atoms with van der Waals surface area (Å²) in [5, 5.41) is 11.9. The molecule has 1 aromatic carbocycles. The van der Waals surface area contributed by atoms with Crippen molar-refractivity contribution in [2.45, 2.75) is 39.7 Å². The van der Waals surface area contributed by atoms with E-state index < -0.39 is 0 Å². The van der Waals surface area contributed by atoms with Gasteiger partial charge in [-0.1, -0.05) is 32.9 Å². The average Bonchev–Trinajstić information content (AvgIpc) is 2.45. The van der Waals surface area contributed by atoms with E-state index >= 15 is 0 Å². The number of benzene rings is 1. The zero-order chi connectivity index (χ0) is 15.0. The largest absolute Gasteiger partial charge is 0.484 e. The zero-order valence-electron chi connectivity index (χ0n) is 12.6. The summed E-state index contributed by atoms with van der Waals surface area (Å²) in [6.07, 6.45) is 1.55. The summed E-state index contributed by atoms with van der Waals surface area (Å²) in [4.78, 5) is 11.8. The molecule has 112 valence electrons. The van der Waals surface area contributed by atoms with E-state index in [4.69, 9.17) is 9.84 Å². The van der Waals surface area contributed by atoms with Crippen molar-refractivity contribution in [1.29, 1.82) is 0 Å². The van der Waals surface area contributed by atoms with Crippen LogP contribution in [0.2, 0.25) is 0 Å². The number of hydrogen-bond acceptors (Lipinski definition) is 3. The molecule has 0 radical (unpaired) electrons. The minimum atomic E-state index is -0.156. The molecular formula is C16H25NO3. The summed E-state index contributed by atoms with van der Waals surface area (Å²) >= 11 is 0. The number of nitrogens with one attached hydrogen (secondary N) is 1. The van der Waals surface area contributed by atoms with Crippen molar-refractivity contribution in [3.8, 4) is 5.75 Å². The molecule has 0 aliphatic rings. The third kappa shape index (κ3) is 5.61. The number of aliphatic hydroxyl groups is 1. The van der Waals surface area contributed by atoms with Gasteiger partial charge in [-0.3, -0.25) is 4.79 Å². The fourth-order valence-corrected chi connectivity index (χ4v) is 1.93. The van der Waals surface area contributed by atoms with Crippen LogP contribution >= 0.6 is 0 Å². The van der Waals surface area contributed by atoms with Crippen LogP contribution in [0, 0.1) is 5.92 Å². The van der Waals surface area contributed by atoms with Gasteiger partial charge in [-0.15, -0.1) is 0 Å². The van der Waals surface area contributed by atoms with E-state index in [0.29, 0.717) is 12.2 Å². The van der Waals surface area contributed by atoms with Crippen LogP contribution in [0.3, 0.4) is 0 Å². The smallest absolute Gasteiger partial charge is 0.258 e. The number of amides is 1. The Morgan fingerprint density at radius 1 is 1.30 bits per heavy atom. The minimum absolute atomic E-state index is 0.000119. The van der Waals surface area contributed by atoms with E-state index in [0.717, 1.165) is 6.42 Å². The topological polar surface area (TPSA) is 58.6 Å². The van der Waals surface area contributed by atoms with Crippen LogP contribution in [0.5, 0.6) is 5.75 Å². The molecule has 4 nitrogen and oxygen atoms in total. The van der Waals surface area contributed by atoms with Crippen molar-refractivity contribution in [1.82, 2.24) is 5.32 Å². The first-order valence-electron chi connectivity index (χ1n) is 7.18. The second-order valence-corrected chi connectivity index (χ2v) is 5.22. The van der Waals surface area contributed by atoms with Crippen LogP contribution in [-0.4, -0.2) is 30.3 Å². The Morgan fingerprint density at radius 3 is 2.45 bits per heavy atom. The molecule has 1 atom stereocenters. The van der Waals surface area contributed by atoms with Gasteiger partial charge in [0.1, 0.15) is 5.75 Å². The van der Waals surface area contributed by atoms with Gasteiger partial charge in [0.25, 0.3) is 5.91 Å². The van der Waals surface area contributed by atoms with E-state index in [1.807, 2.05) is 38.1 Å². The number of aliphatic hydroxyl groups excluding tert-OH is 1. The number of carbonyl (C=O) groups excluding carboxylic acids is 1. The van der Waals surface area contributed by atoms with E-state index in [1.165, 1.54) is 5.56 Å². The third-order valence-corrected chi connectivity index (χ3v) is 3.29. The summed E-state index contributed by atoms with van der Waals surface area (Å²) in [6, 6.07) is 7.73. The van der Waals surface area contributed by atoms with Crippen LogP contribution in [0.4, 0.5) is 0 Å². The molecule has 0 saturated heterocycles. The number of hydrogen-bond donors (Lipinski definition) is 2. The Hall–Kier alpha value is -1.55. The SMILES string of the molecule is CCc1ccc(OCC(=O)NC(CCO)C(C)C)cc1. The van der Waals surface area contributed by atoms with Crippen LogP contribution in [0.1, 0.15) is 32.8 Å². The molecule has 1 unspecified atom stereocenters. The Morgan fingerprint density at radius 2 is 1.95 bits per heavy atom. The lowest BCUT2D eigenvalue weighted by atomic mass is 10.0. The van der Waals surface area contributed by atoms with Gasteiger partial charge in [-0.2, -0.15) is 0 Å². The quantitative estimate of drug-likeness (QED) is 0.766. The molecule has 0 spiro atoms. The van der Waals surface area contributed by atoms with Gasteiger partial charge >= 0.3 is 0 Å². The fraction of sp³-hybridized carbons (Fsp3) is 0.562. The van der Waals surface area contributed by atoms with E-state index in [-0.39, 0.29) is 31.1 Å². The molecule has 1 aromatic rings. The number of rotatable bonds is 8. The van der Waals surface area contributed by atoms with Crippen molar-refractivity contribution < 1.29 is 14.6 Å². The van der Waals surface area contributed by atoms with Crippen molar-refractivity contribution in [2.75, 3.05) is 13.2 Å². The number of carbonyl (C=O) groups is 1.